The van der Waals surface area contributed by atoms with E-state index in [1.54, 1.807) is 0 Å². The Morgan fingerprint density at radius 2 is 1.61 bits per heavy atom. The van der Waals surface area contributed by atoms with Crippen molar-refractivity contribution in [2.75, 3.05) is 0 Å². The molecular formula is C14H17F3O. The van der Waals surface area contributed by atoms with Crippen molar-refractivity contribution in [3.8, 4) is 0 Å². The maximum absolute atomic E-state index is 12.4. The fraction of sp³-hybridized carbons (Fsp3) is 0.571. The highest BCUT2D eigenvalue weighted by atomic mass is 19.4. The van der Waals surface area contributed by atoms with Gasteiger partial charge in [0.2, 0.25) is 0 Å². The lowest BCUT2D eigenvalue weighted by Gasteiger charge is -2.22. The smallest absolute Gasteiger partial charge is 0.374 e. The van der Waals surface area contributed by atoms with Crippen molar-refractivity contribution in [1.82, 2.24) is 0 Å². The lowest BCUT2D eigenvalue weighted by atomic mass is 9.98. The lowest BCUT2D eigenvalue weighted by molar-refractivity contribution is -0.137. The monoisotopic (exact) mass is 258 g/mol. The van der Waals surface area contributed by atoms with E-state index in [9.17, 15) is 13.2 Å². The molecule has 0 N–H and O–H groups in total. The normalized spacial score (nSPS) is 17.9. The van der Waals surface area contributed by atoms with Gasteiger partial charge in [-0.2, -0.15) is 13.2 Å². The average molecular weight is 258 g/mol. The van der Waals surface area contributed by atoms with Gasteiger partial charge in [-0.15, -0.1) is 0 Å². The molecule has 4 heteroatoms. The predicted octanol–water partition coefficient (Wildman–Crippen LogP) is 4.55. The van der Waals surface area contributed by atoms with Gasteiger partial charge in [-0.25, -0.2) is 0 Å². The van der Waals surface area contributed by atoms with Crippen LogP contribution >= 0.6 is 0 Å². The van der Waals surface area contributed by atoms with Crippen molar-refractivity contribution in [1.29, 1.82) is 0 Å². The summed E-state index contributed by atoms with van der Waals surface area (Å²) in [5.74, 6) is 0. The van der Waals surface area contributed by atoms with Gasteiger partial charge in [-0.05, 0) is 30.5 Å². The van der Waals surface area contributed by atoms with E-state index in [0.717, 1.165) is 30.5 Å². The molecule has 0 atom stereocenters. The Bertz CT molecular complexity index is 364. The molecule has 1 aliphatic carbocycles. The Hall–Kier alpha value is -1.03. The number of halogens is 3. The van der Waals surface area contributed by atoms with E-state index in [1.807, 2.05) is 0 Å². The molecule has 1 nitrogen and oxygen atoms in total. The van der Waals surface area contributed by atoms with Crippen LogP contribution in [0.5, 0.6) is 0 Å². The topological polar surface area (TPSA) is 9.23 Å². The van der Waals surface area contributed by atoms with E-state index in [-0.39, 0.29) is 6.10 Å². The van der Waals surface area contributed by atoms with Crippen molar-refractivity contribution in [2.45, 2.75) is 51.0 Å². The van der Waals surface area contributed by atoms with Crippen LogP contribution in [0, 0.1) is 0 Å². The van der Waals surface area contributed by atoms with Crippen molar-refractivity contribution in [2.24, 2.45) is 0 Å². The molecule has 1 fully saturated rings. The molecule has 0 unspecified atom stereocenters. The van der Waals surface area contributed by atoms with E-state index >= 15 is 0 Å². The number of hydrogen-bond acceptors (Lipinski definition) is 1. The first-order valence-electron chi connectivity index (χ1n) is 6.33. The van der Waals surface area contributed by atoms with Crippen molar-refractivity contribution >= 4 is 0 Å². The molecule has 0 bridgehead atoms. The zero-order chi connectivity index (χ0) is 13.0. The maximum Gasteiger partial charge on any atom is 0.416 e. The number of benzene rings is 1. The zero-order valence-electron chi connectivity index (χ0n) is 10.2. The van der Waals surface area contributed by atoms with Crippen LogP contribution in [0.25, 0.3) is 0 Å². The zero-order valence-corrected chi connectivity index (χ0v) is 10.2. The van der Waals surface area contributed by atoms with Crippen molar-refractivity contribution in [3.63, 3.8) is 0 Å². The third kappa shape index (κ3) is 3.73. The lowest BCUT2D eigenvalue weighted by Crippen LogP contribution is -2.16. The molecule has 1 aromatic rings. The minimum absolute atomic E-state index is 0.279. The van der Waals surface area contributed by atoms with Crippen LogP contribution in [0.3, 0.4) is 0 Å². The van der Waals surface area contributed by atoms with Gasteiger partial charge in [-0.1, -0.05) is 31.4 Å². The van der Waals surface area contributed by atoms with Crippen LogP contribution in [-0.4, -0.2) is 6.10 Å². The highest BCUT2D eigenvalue weighted by Crippen LogP contribution is 2.29. The van der Waals surface area contributed by atoms with Gasteiger partial charge in [0.05, 0.1) is 18.3 Å². The number of rotatable bonds is 3. The third-order valence-electron chi connectivity index (χ3n) is 3.32. The first-order chi connectivity index (χ1) is 8.55. The standard InChI is InChI=1S/C14H17F3O/c15-14(16,17)12-8-6-11(7-9-12)10-18-13-4-2-1-3-5-13/h6-9,13H,1-5,10H2. The van der Waals surface area contributed by atoms with E-state index in [4.69, 9.17) is 4.74 Å². The Kier molecular flexibility index (Phi) is 4.27. The molecule has 1 saturated carbocycles. The minimum Gasteiger partial charge on any atom is -0.374 e. The molecule has 0 spiro atoms. The second kappa shape index (κ2) is 5.74. The molecule has 1 aliphatic rings. The molecule has 100 valence electrons. The Morgan fingerprint density at radius 1 is 1.00 bits per heavy atom. The number of ether oxygens (including phenoxy) is 1. The van der Waals surface area contributed by atoms with Crippen LogP contribution in [-0.2, 0) is 17.5 Å². The second-order valence-corrected chi connectivity index (χ2v) is 4.77. The van der Waals surface area contributed by atoms with Crippen LogP contribution < -0.4 is 0 Å². The summed E-state index contributed by atoms with van der Waals surface area (Å²) in [4.78, 5) is 0. The van der Waals surface area contributed by atoms with E-state index in [0.29, 0.717) is 6.61 Å². The summed E-state index contributed by atoms with van der Waals surface area (Å²) in [6.07, 6.45) is 1.81. The van der Waals surface area contributed by atoms with Crippen LogP contribution in [0.15, 0.2) is 24.3 Å². The fourth-order valence-electron chi connectivity index (χ4n) is 2.24. The Balaban J connectivity index is 1.86. The first-order valence-corrected chi connectivity index (χ1v) is 6.33. The second-order valence-electron chi connectivity index (χ2n) is 4.77. The largest absolute Gasteiger partial charge is 0.416 e. The van der Waals surface area contributed by atoms with Gasteiger partial charge >= 0.3 is 6.18 Å². The Morgan fingerprint density at radius 3 is 2.17 bits per heavy atom. The SMILES string of the molecule is FC(F)(F)c1ccc(COC2CCCCC2)cc1. The minimum atomic E-state index is -4.26. The van der Waals surface area contributed by atoms with Gasteiger partial charge in [0.1, 0.15) is 0 Å². The molecule has 18 heavy (non-hydrogen) atoms. The molecule has 0 aromatic heterocycles. The van der Waals surface area contributed by atoms with Crippen molar-refractivity contribution in [3.05, 3.63) is 35.4 Å². The summed E-state index contributed by atoms with van der Waals surface area (Å²) in [7, 11) is 0. The quantitative estimate of drug-likeness (QED) is 0.772. The third-order valence-corrected chi connectivity index (χ3v) is 3.32. The van der Waals surface area contributed by atoms with Crippen LogP contribution in [0.2, 0.25) is 0 Å². The molecule has 0 heterocycles. The Labute approximate surface area is 105 Å². The number of hydrogen-bond donors (Lipinski definition) is 0. The molecule has 0 amide bonds. The molecule has 1 aromatic carbocycles. The molecule has 0 radical (unpaired) electrons. The molecule has 0 aliphatic heterocycles. The summed E-state index contributed by atoms with van der Waals surface area (Å²) in [5.41, 5.74) is 0.192. The van der Waals surface area contributed by atoms with Crippen LogP contribution in [0.1, 0.15) is 43.2 Å². The average Bonchev–Trinajstić information content (AvgIpc) is 2.37. The highest BCUT2D eigenvalue weighted by Gasteiger charge is 2.29. The van der Waals surface area contributed by atoms with Gasteiger partial charge in [0, 0.05) is 0 Å². The number of alkyl halides is 3. The first kappa shape index (κ1) is 13.4. The van der Waals surface area contributed by atoms with Crippen molar-refractivity contribution < 1.29 is 17.9 Å². The van der Waals surface area contributed by atoms with E-state index in [2.05, 4.69) is 0 Å². The van der Waals surface area contributed by atoms with Gasteiger partial charge < -0.3 is 4.74 Å². The maximum atomic E-state index is 12.4. The van der Waals surface area contributed by atoms with E-state index in [1.165, 1.54) is 31.4 Å². The summed E-state index contributed by atoms with van der Waals surface area (Å²) in [5, 5.41) is 0. The van der Waals surface area contributed by atoms with Gasteiger partial charge in [0.25, 0.3) is 0 Å². The summed E-state index contributed by atoms with van der Waals surface area (Å²) in [6.45, 7) is 0.406. The molecule has 2 rings (SSSR count). The predicted molar refractivity (Wildman–Crippen MR) is 63.1 cm³/mol. The fourth-order valence-corrected chi connectivity index (χ4v) is 2.24. The molecular weight excluding hydrogens is 241 g/mol. The van der Waals surface area contributed by atoms with Gasteiger partial charge in [0.15, 0.2) is 0 Å². The van der Waals surface area contributed by atoms with Crippen LogP contribution in [0.4, 0.5) is 13.2 Å². The van der Waals surface area contributed by atoms with E-state index < -0.39 is 11.7 Å². The van der Waals surface area contributed by atoms with Gasteiger partial charge in [-0.3, -0.25) is 0 Å². The highest BCUT2D eigenvalue weighted by molar-refractivity contribution is 5.24. The summed E-state index contributed by atoms with van der Waals surface area (Å²) < 4.78 is 42.8. The summed E-state index contributed by atoms with van der Waals surface area (Å²) >= 11 is 0. The molecule has 0 saturated heterocycles. The summed E-state index contributed by atoms with van der Waals surface area (Å²) in [6, 6.07) is 5.20.